The molecule has 0 atom stereocenters. The van der Waals surface area contributed by atoms with Crippen LogP contribution in [0.1, 0.15) is 39.5 Å². The number of unbranched alkanes of at least 4 members (excludes halogenated alkanes) is 2. The van der Waals surface area contributed by atoms with Crippen LogP contribution in [0.5, 0.6) is 5.75 Å². The van der Waals surface area contributed by atoms with Crippen LogP contribution in [0, 0.1) is 0 Å². The molecule has 118 valence electrons. The lowest BCUT2D eigenvalue weighted by molar-refractivity contribution is 0.204. The molecule has 2 amide bonds. The van der Waals surface area contributed by atoms with Gasteiger partial charge in [-0.25, -0.2) is 4.79 Å². The normalized spacial score (nSPS) is 10.3. The number of urea groups is 1. The summed E-state index contributed by atoms with van der Waals surface area (Å²) in [5.74, 6) is 0.799. The van der Waals surface area contributed by atoms with E-state index in [1.807, 2.05) is 36.2 Å². The van der Waals surface area contributed by atoms with Gasteiger partial charge in [0.15, 0.2) is 0 Å². The molecule has 0 bridgehead atoms. The molecule has 0 heterocycles. The summed E-state index contributed by atoms with van der Waals surface area (Å²) in [6.07, 6.45) is 4.29. The van der Waals surface area contributed by atoms with Crippen LogP contribution in [0.2, 0.25) is 0 Å². The number of carbonyl (C=O) groups excluding carboxylic acids is 1. The van der Waals surface area contributed by atoms with E-state index in [1.165, 1.54) is 0 Å². The highest BCUT2D eigenvalue weighted by Crippen LogP contribution is 2.19. The maximum Gasteiger partial charge on any atom is 0.324 e. The van der Waals surface area contributed by atoms with Crippen molar-refractivity contribution >= 4 is 11.7 Å². The van der Waals surface area contributed by atoms with Gasteiger partial charge in [-0.15, -0.1) is 0 Å². The van der Waals surface area contributed by atoms with E-state index in [1.54, 1.807) is 12.0 Å². The van der Waals surface area contributed by atoms with E-state index in [9.17, 15) is 4.79 Å². The molecule has 0 aliphatic heterocycles. The first-order chi connectivity index (χ1) is 10.1. The van der Waals surface area contributed by atoms with Crippen LogP contribution >= 0.6 is 0 Å². The lowest BCUT2D eigenvalue weighted by Crippen LogP contribution is -2.42. The minimum Gasteiger partial charge on any atom is -0.497 e. The molecule has 1 aromatic carbocycles. The lowest BCUT2D eigenvalue weighted by Gasteiger charge is -2.28. The molecule has 0 radical (unpaired) electrons. The third kappa shape index (κ3) is 5.29. The van der Waals surface area contributed by atoms with Gasteiger partial charge >= 0.3 is 6.03 Å². The van der Waals surface area contributed by atoms with Crippen LogP contribution in [0.15, 0.2) is 24.3 Å². The van der Waals surface area contributed by atoms with Crippen molar-refractivity contribution in [2.75, 3.05) is 32.1 Å². The van der Waals surface area contributed by atoms with E-state index in [4.69, 9.17) is 4.74 Å². The van der Waals surface area contributed by atoms with Gasteiger partial charge in [-0.3, -0.25) is 4.90 Å². The molecule has 21 heavy (non-hydrogen) atoms. The van der Waals surface area contributed by atoms with Crippen molar-refractivity contribution < 1.29 is 9.53 Å². The van der Waals surface area contributed by atoms with Crippen LogP contribution in [0.25, 0.3) is 0 Å². The Hall–Kier alpha value is -1.71. The number of ether oxygens (including phenoxy) is 1. The molecule has 0 spiro atoms. The Bertz CT molecular complexity index is 409. The standard InChI is InChI=1S/C17H28N2O2/c1-5-7-13-19(14-8-6-2)17(20)18(3)15-9-11-16(21-4)12-10-15/h9-12H,5-8,13-14H2,1-4H3. The number of nitrogens with zero attached hydrogens (tertiary/aromatic N) is 2. The molecule has 0 N–H and O–H groups in total. The van der Waals surface area contributed by atoms with Gasteiger partial charge in [-0.2, -0.15) is 0 Å². The fourth-order valence-electron chi connectivity index (χ4n) is 2.13. The Morgan fingerprint density at radius 2 is 1.57 bits per heavy atom. The number of amides is 2. The number of benzene rings is 1. The molecule has 4 nitrogen and oxygen atoms in total. The zero-order chi connectivity index (χ0) is 15.7. The van der Waals surface area contributed by atoms with E-state index in [2.05, 4.69) is 13.8 Å². The van der Waals surface area contributed by atoms with Gasteiger partial charge in [-0.1, -0.05) is 26.7 Å². The first-order valence-electron chi connectivity index (χ1n) is 7.80. The molecule has 1 rings (SSSR count). The Morgan fingerprint density at radius 1 is 1.05 bits per heavy atom. The third-order valence-corrected chi connectivity index (χ3v) is 3.58. The maximum atomic E-state index is 12.6. The van der Waals surface area contributed by atoms with Gasteiger partial charge < -0.3 is 9.64 Å². The number of hydrogen-bond acceptors (Lipinski definition) is 2. The van der Waals surface area contributed by atoms with Crippen molar-refractivity contribution in [2.45, 2.75) is 39.5 Å². The summed E-state index contributed by atoms with van der Waals surface area (Å²) in [6.45, 7) is 5.96. The van der Waals surface area contributed by atoms with E-state index in [0.717, 1.165) is 50.2 Å². The van der Waals surface area contributed by atoms with Crippen molar-refractivity contribution in [3.63, 3.8) is 0 Å². The van der Waals surface area contributed by atoms with Crippen molar-refractivity contribution in [1.29, 1.82) is 0 Å². The van der Waals surface area contributed by atoms with Crippen LogP contribution < -0.4 is 9.64 Å². The number of hydrogen-bond donors (Lipinski definition) is 0. The van der Waals surface area contributed by atoms with Gasteiger partial charge in [-0.05, 0) is 37.1 Å². The molecule has 0 aromatic heterocycles. The van der Waals surface area contributed by atoms with Gasteiger partial charge in [0.05, 0.1) is 7.11 Å². The highest BCUT2D eigenvalue weighted by molar-refractivity contribution is 5.91. The average molecular weight is 292 g/mol. The number of rotatable bonds is 8. The summed E-state index contributed by atoms with van der Waals surface area (Å²) >= 11 is 0. The number of anilines is 1. The number of methoxy groups -OCH3 is 1. The second-order valence-electron chi connectivity index (χ2n) is 5.23. The second-order valence-corrected chi connectivity index (χ2v) is 5.23. The molecular weight excluding hydrogens is 264 g/mol. The molecule has 0 aliphatic carbocycles. The molecule has 0 saturated heterocycles. The van der Waals surface area contributed by atoms with E-state index in [-0.39, 0.29) is 6.03 Å². The third-order valence-electron chi connectivity index (χ3n) is 3.58. The Morgan fingerprint density at radius 3 is 2.00 bits per heavy atom. The van der Waals surface area contributed by atoms with E-state index >= 15 is 0 Å². The monoisotopic (exact) mass is 292 g/mol. The topological polar surface area (TPSA) is 32.8 Å². The Kier molecular flexibility index (Phi) is 7.65. The fourth-order valence-corrected chi connectivity index (χ4v) is 2.13. The van der Waals surface area contributed by atoms with Crippen LogP contribution in [0.4, 0.5) is 10.5 Å². The summed E-state index contributed by atoms with van der Waals surface area (Å²) in [5.41, 5.74) is 0.888. The van der Waals surface area contributed by atoms with Gasteiger partial charge in [0.25, 0.3) is 0 Å². The van der Waals surface area contributed by atoms with E-state index in [0.29, 0.717) is 0 Å². The first kappa shape index (κ1) is 17.3. The predicted octanol–water partition coefficient (Wildman–Crippen LogP) is 4.15. The molecule has 0 unspecified atom stereocenters. The van der Waals surface area contributed by atoms with Crippen LogP contribution in [-0.4, -0.2) is 38.2 Å². The summed E-state index contributed by atoms with van der Waals surface area (Å²) in [7, 11) is 3.47. The maximum absolute atomic E-state index is 12.6. The van der Waals surface area contributed by atoms with Gasteiger partial charge in [0.1, 0.15) is 5.75 Å². The van der Waals surface area contributed by atoms with E-state index < -0.39 is 0 Å². The van der Waals surface area contributed by atoms with Crippen LogP contribution in [0.3, 0.4) is 0 Å². The first-order valence-corrected chi connectivity index (χ1v) is 7.80. The van der Waals surface area contributed by atoms with Crippen molar-refractivity contribution in [3.05, 3.63) is 24.3 Å². The summed E-state index contributed by atoms with van der Waals surface area (Å²) < 4.78 is 5.15. The molecule has 0 saturated carbocycles. The Labute approximate surface area is 128 Å². The smallest absolute Gasteiger partial charge is 0.324 e. The quantitative estimate of drug-likeness (QED) is 0.721. The molecule has 4 heteroatoms. The minimum atomic E-state index is 0.0714. The summed E-state index contributed by atoms with van der Waals surface area (Å²) in [5, 5.41) is 0. The zero-order valence-electron chi connectivity index (χ0n) is 13.8. The highest BCUT2D eigenvalue weighted by atomic mass is 16.5. The molecule has 0 aliphatic rings. The molecular formula is C17H28N2O2. The zero-order valence-corrected chi connectivity index (χ0v) is 13.8. The highest BCUT2D eigenvalue weighted by Gasteiger charge is 2.18. The summed E-state index contributed by atoms with van der Waals surface area (Å²) in [4.78, 5) is 16.3. The lowest BCUT2D eigenvalue weighted by atomic mass is 10.2. The summed E-state index contributed by atoms with van der Waals surface area (Å²) in [6, 6.07) is 7.65. The van der Waals surface area contributed by atoms with Crippen molar-refractivity contribution in [2.24, 2.45) is 0 Å². The van der Waals surface area contributed by atoms with Gasteiger partial charge in [0.2, 0.25) is 0 Å². The van der Waals surface area contributed by atoms with Crippen molar-refractivity contribution in [1.82, 2.24) is 4.90 Å². The second kappa shape index (κ2) is 9.27. The minimum absolute atomic E-state index is 0.0714. The van der Waals surface area contributed by atoms with Crippen molar-refractivity contribution in [3.8, 4) is 5.75 Å². The molecule has 0 fully saturated rings. The number of carbonyl (C=O) groups is 1. The average Bonchev–Trinajstić information content (AvgIpc) is 2.54. The Balaban J connectivity index is 2.74. The molecule has 1 aromatic rings. The largest absolute Gasteiger partial charge is 0.497 e. The van der Waals surface area contributed by atoms with Crippen LogP contribution in [-0.2, 0) is 0 Å². The fraction of sp³-hybridized carbons (Fsp3) is 0.588. The SMILES string of the molecule is CCCCN(CCCC)C(=O)N(C)c1ccc(OC)cc1. The van der Waals surface area contributed by atoms with Gasteiger partial charge in [0, 0.05) is 25.8 Å². The predicted molar refractivity (Wildman–Crippen MR) is 88.2 cm³/mol.